The van der Waals surface area contributed by atoms with E-state index in [4.69, 9.17) is 9.47 Å². The van der Waals surface area contributed by atoms with Gasteiger partial charge in [0.05, 0.1) is 12.2 Å². The lowest BCUT2D eigenvalue weighted by Crippen LogP contribution is -2.36. The van der Waals surface area contributed by atoms with Crippen molar-refractivity contribution in [3.05, 3.63) is 23.8 Å². The van der Waals surface area contributed by atoms with Gasteiger partial charge in [-0.05, 0) is 19.1 Å². The molecule has 1 amide bonds. The molecule has 0 unspecified atom stereocenters. The highest BCUT2D eigenvalue weighted by atomic mass is 19.4. The van der Waals surface area contributed by atoms with Crippen LogP contribution < -0.4 is 14.8 Å². The van der Waals surface area contributed by atoms with Crippen LogP contribution in [0.1, 0.15) is 17.3 Å². The fourth-order valence-electron chi connectivity index (χ4n) is 1.44. The molecule has 0 aliphatic heterocycles. The second-order valence-electron chi connectivity index (χ2n) is 3.91. The van der Waals surface area contributed by atoms with Crippen molar-refractivity contribution >= 4 is 12.2 Å². The Morgan fingerprint density at radius 1 is 1.33 bits per heavy atom. The van der Waals surface area contributed by atoms with Crippen LogP contribution in [-0.2, 0) is 4.79 Å². The topological polar surface area (TPSA) is 64.6 Å². The van der Waals surface area contributed by atoms with E-state index < -0.39 is 25.2 Å². The maximum atomic E-state index is 11.9. The first-order valence-electron chi connectivity index (χ1n) is 6.04. The van der Waals surface area contributed by atoms with Gasteiger partial charge in [0.25, 0.3) is 5.91 Å². The lowest BCUT2D eigenvalue weighted by molar-refractivity contribution is -0.139. The summed E-state index contributed by atoms with van der Waals surface area (Å²) in [5.41, 5.74) is 0.143. The van der Waals surface area contributed by atoms with Crippen molar-refractivity contribution in [3.8, 4) is 11.5 Å². The molecule has 0 spiro atoms. The molecule has 0 aliphatic carbocycles. The molecule has 1 aromatic carbocycles. The number of carbonyl (C=O) groups is 2. The maximum Gasteiger partial charge on any atom is 0.405 e. The van der Waals surface area contributed by atoms with Crippen molar-refractivity contribution < 1.29 is 32.2 Å². The molecule has 0 bridgehead atoms. The number of alkyl halides is 3. The van der Waals surface area contributed by atoms with E-state index in [0.29, 0.717) is 12.9 Å². The van der Waals surface area contributed by atoms with Crippen molar-refractivity contribution in [1.29, 1.82) is 0 Å². The molecule has 0 aromatic heterocycles. The highest BCUT2D eigenvalue weighted by molar-refractivity contribution is 5.82. The van der Waals surface area contributed by atoms with Gasteiger partial charge in [-0.1, -0.05) is 6.07 Å². The highest BCUT2D eigenvalue weighted by Crippen LogP contribution is 2.30. The van der Waals surface area contributed by atoms with Gasteiger partial charge in [-0.15, -0.1) is 0 Å². The van der Waals surface area contributed by atoms with Gasteiger partial charge in [0.15, 0.2) is 24.4 Å². The minimum atomic E-state index is -4.49. The quantitative estimate of drug-likeness (QED) is 0.782. The van der Waals surface area contributed by atoms with Gasteiger partial charge in [-0.25, -0.2) is 0 Å². The van der Waals surface area contributed by atoms with Gasteiger partial charge in [0.1, 0.15) is 6.54 Å². The molecular weight excluding hydrogens is 291 g/mol. The Morgan fingerprint density at radius 2 is 2.05 bits per heavy atom. The number of benzene rings is 1. The largest absolute Gasteiger partial charge is 0.490 e. The van der Waals surface area contributed by atoms with Crippen LogP contribution in [0.25, 0.3) is 0 Å². The predicted octanol–water partition coefficient (Wildman–Crippen LogP) is 1.96. The third-order valence-corrected chi connectivity index (χ3v) is 2.27. The summed E-state index contributed by atoms with van der Waals surface area (Å²) in [6.07, 6.45) is -3.99. The molecule has 8 heteroatoms. The van der Waals surface area contributed by atoms with E-state index >= 15 is 0 Å². The van der Waals surface area contributed by atoms with E-state index in [1.54, 1.807) is 18.3 Å². The number of halogens is 3. The monoisotopic (exact) mass is 305 g/mol. The fraction of sp³-hybridized carbons (Fsp3) is 0.385. The molecule has 0 radical (unpaired) electrons. The standard InChI is InChI=1S/C13H14F3NO4/c1-2-20-10-5-3-4-9(6-18)12(10)21-7-11(19)17-8-13(14,15)16/h3-6H,2,7-8H2,1H3,(H,17,19). The summed E-state index contributed by atoms with van der Waals surface area (Å²) in [6.45, 7) is -0.0732. The van der Waals surface area contributed by atoms with Crippen molar-refractivity contribution in [2.45, 2.75) is 13.1 Å². The smallest absolute Gasteiger partial charge is 0.405 e. The van der Waals surface area contributed by atoms with Crippen LogP contribution in [0.5, 0.6) is 11.5 Å². The summed E-state index contributed by atoms with van der Waals surface area (Å²) in [5, 5.41) is 1.66. The Hall–Kier alpha value is -2.25. The molecule has 116 valence electrons. The van der Waals surface area contributed by atoms with E-state index in [1.807, 2.05) is 0 Å². The predicted molar refractivity (Wildman–Crippen MR) is 67.6 cm³/mol. The molecular formula is C13H14F3NO4. The Kier molecular flexibility index (Phi) is 6.01. The van der Waals surface area contributed by atoms with Gasteiger partial charge in [-0.3, -0.25) is 9.59 Å². The van der Waals surface area contributed by atoms with Crippen LogP contribution in [0.15, 0.2) is 18.2 Å². The SMILES string of the molecule is CCOc1cccc(C=O)c1OCC(=O)NCC(F)(F)F. The van der Waals surface area contributed by atoms with Crippen molar-refractivity contribution in [1.82, 2.24) is 5.32 Å². The molecule has 5 nitrogen and oxygen atoms in total. The van der Waals surface area contributed by atoms with Crippen LogP contribution >= 0.6 is 0 Å². The summed E-state index contributed by atoms with van der Waals surface area (Å²) >= 11 is 0. The van der Waals surface area contributed by atoms with Gasteiger partial charge in [0.2, 0.25) is 0 Å². The lowest BCUT2D eigenvalue weighted by atomic mass is 10.2. The summed E-state index contributed by atoms with van der Waals surface area (Å²) in [5.74, 6) is -0.683. The number of aldehydes is 1. The zero-order valence-electron chi connectivity index (χ0n) is 11.2. The first kappa shape index (κ1) is 16.8. The number of carbonyl (C=O) groups excluding carboxylic acids is 2. The molecule has 0 saturated heterocycles. The van der Waals surface area contributed by atoms with Crippen LogP contribution in [0.4, 0.5) is 13.2 Å². The highest BCUT2D eigenvalue weighted by Gasteiger charge is 2.27. The van der Waals surface area contributed by atoms with E-state index in [-0.39, 0.29) is 17.1 Å². The third kappa shape index (κ3) is 5.72. The Balaban J connectivity index is 2.69. The molecule has 0 saturated carbocycles. The van der Waals surface area contributed by atoms with E-state index in [1.165, 1.54) is 12.1 Å². The minimum absolute atomic E-state index is 0.0245. The van der Waals surface area contributed by atoms with Crippen molar-refractivity contribution in [3.63, 3.8) is 0 Å². The molecule has 0 aliphatic rings. The second kappa shape index (κ2) is 7.51. The van der Waals surface area contributed by atoms with Crippen LogP contribution in [-0.4, -0.2) is 38.1 Å². The minimum Gasteiger partial charge on any atom is -0.490 e. The number of para-hydroxylation sites is 1. The van der Waals surface area contributed by atoms with E-state index in [9.17, 15) is 22.8 Å². The fourth-order valence-corrected chi connectivity index (χ4v) is 1.44. The number of amides is 1. The van der Waals surface area contributed by atoms with Gasteiger partial charge < -0.3 is 14.8 Å². The summed E-state index contributed by atoms with van der Waals surface area (Å²) in [4.78, 5) is 22.2. The molecule has 21 heavy (non-hydrogen) atoms. The first-order chi connectivity index (χ1) is 9.87. The van der Waals surface area contributed by atoms with E-state index in [0.717, 1.165) is 0 Å². The Bertz CT molecular complexity index is 503. The van der Waals surface area contributed by atoms with Crippen molar-refractivity contribution in [2.75, 3.05) is 19.8 Å². The summed E-state index contributed by atoms with van der Waals surface area (Å²) in [7, 11) is 0. The number of nitrogens with one attached hydrogen (secondary N) is 1. The average molecular weight is 305 g/mol. The summed E-state index contributed by atoms with van der Waals surface area (Å²) < 4.78 is 46.2. The van der Waals surface area contributed by atoms with Crippen LogP contribution in [0, 0.1) is 0 Å². The second-order valence-corrected chi connectivity index (χ2v) is 3.91. The molecule has 1 rings (SSSR count). The molecule has 0 heterocycles. The number of hydrogen-bond donors (Lipinski definition) is 1. The average Bonchev–Trinajstić information content (AvgIpc) is 2.43. The normalized spacial score (nSPS) is 10.9. The van der Waals surface area contributed by atoms with Gasteiger partial charge >= 0.3 is 6.18 Å². The van der Waals surface area contributed by atoms with Crippen LogP contribution in [0.2, 0.25) is 0 Å². The Labute approximate surface area is 119 Å². The number of ether oxygens (including phenoxy) is 2. The Morgan fingerprint density at radius 3 is 2.62 bits per heavy atom. The molecule has 1 N–H and O–H groups in total. The zero-order chi connectivity index (χ0) is 15.9. The maximum absolute atomic E-state index is 11.9. The molecule has 0 fully saturated rings. The third-order valence-electron chi connectivity index (χ3n) is 2.27. The lowest BCUT2D eigenvalue weighted by Gasteiger charge is -2.14. The zero-order valence-corrected chi connectivity index (χ0v) is 11.2. The van der Waals surface area contributed by atoms with Gasteiger partial charge in [0, 0.05) is 0 Å². The number of hydrogen-bond acceptors (Lipinski definition) is 4. The molecule has 1 aromatic rings. The first-order valence-corrected chi connectivity index (χ1v) is 6.04. The van der Waals surface area contributed by atoms with E-state index in [2.05, 4.69) is 0 Å². The van der Waals surface area contributed by atoms with Crippen LogP contribution in [0.3, 0.4) is 0 Å². The molecule has 0 atom stereocenters. The van der Waals surface area contributed by atoms with Crippen molar-refractivity contribution in [2.24, 2.45) is 0 Å². The van der Waals surface area contributed by atoms with Gasteiger partial charge in [-0.2, -0.15) is 13.2 Å². The number of rotatable bonds is 7. The summed E-state index contributed by atoms with van der Waals surface area (Å²) in [6, 6.07) is 4.53.